The van der Waals surface area contributed by atoms with E-state index in [1.54, 1.807) is 16.9 Å². The highest BCUT2D eigenvalue weighted by Crippen LogP contribution is 2.30. The zero-order valence-corrected chi connectivity index (χ0v) is 11.2. The third-order valence-electron chi connectivity index (χ3n) is 3.72. The first kappa shape index (κ1) is 12.1. The molecule has 0 radical (unpaired) electrons. The van der Waals surface area contributed by atoms with Crippen molar-refractivity contribution in [2.24, 2.45) is 0 Å². The lowest BCUT2D eigenvalue weighted by Crippen LogP contribution is -2.00. The molecular formula is C17H13N3O. The summed E-state index contributed by atoms with van der Waals surface area (Å²) < 4.78 is 1.77. The third-order valence-corrected chi connectivity index (χ3v) is 3.72. The van der Waals surface area contributed by atoms with Gasteiger partial charge in [-0.25, -0.2) is 4.52 Å². The fourth-order valence-corrected chi connectivity index (χ4v) is 2.70. The maximum atomic E-state index is 10.8. The van der Waals surface area contributed by atoms with Crippen molar-refractivity contribution in [1.29, 1.82) is 0 Å². The first-order valence-electron chi connectivity index (χ1n) is 6.78. The van der Waals surface area contributed by atoms with Crippen LogP contribution in [-0.4, -0.2) is 19.7 Å². The number of nitrogens with zero attached hydrogens (tertiary/aromatic N) is 3. The molecule has 0 spiro atoms. The maximum Gasteiger partial charge on any atom is 0.108 e. The van der Waals surface area contributed by atoms with Crippen molar-refractivity contribution in [3.05, 3.63) is 78.2 Å². The molecule has 0 bridgehead atoms. The summed E-state index contributed by atoms with van der Waals surface area (Å²) in [5.41, 5.74) is 3.43. The fraction of sp³-hybridized carbons (Fsp3) is 0.0588. The van der Waals surface area contributed by atoms with Gasteiger partial charge in [-0.1, -0.05) is 24.3 Å². The van der Waals surface area contributed by atoms with Crippen LogP contribution in [0.5, 0.6) is 0 Å². The molecule has 0 aliphatic carbocycles. The van der Waals surface area contributed by atoms with Gasteiger partial charge >= 0.3 is 0 Å². The summed E-state index contributed by atoms with van der Waals surface area (Å²) >= 11 is 0. The van der Waals surface area contributed by atoms with Crippen LogP contribution in [0.2, 0.25) is 0 Å². The van der Waals surface area contributed by atoms with E-state index in [-0.39, 0.29) is 0 Å². The highest BCUT2D eigenvalue weighted by molar-refractivity contribution is 5.83. The van der Waals surface area contributed by atoms with Crippen LogP contribution in [0.3, 0.4) is 0 Å². The molecular weight excluding hydrogens is 262 g/mol. The number of aromatic nitrogens is 3. The van der Waals surface area contributed by atoms with E-state index >= 15 is 0 Å². The van der Waals surface area contributed by atoms with Crippen molar-refractivity contribution in [3.63, 3.8) is 0 Å². The Bertz CT molecular complexity index is 924. The maximum absolute atomic E-state index is 10.8. The van der Waals surface area contributed by atoms with Gasteiger partial charge in [0, 0.05) is 23.3 Å². The number of hydrogen-bond acceptors (Lipinski definition) is 3. The van der Waals surface area contributed by atoms with E-state index in [0.29, 0.717) is 0 Å². The van der Waals surface area contributed by atoms with Gasteiger partial charge in [0.25, 0.3) is 0 Å². The quantitative estimate of drug-likeness (QED) is 0.612. The number of rotatable bonds is 2. The van der Waals surface area contributed by atoms with Gasteiger partial charge in [0.15, 0.2) is 0 Å². The predicted octanol–water partition coefficient (Wildman–Crippen LogP) is 2.96. The van der Waals surface area contributed by atoms with E-state index < -0.39 is 6.10 Å². The first-order valence-corrected chi connectivity index (χ1v) is 6.78. The summed E-state index contributed by atoms with van der Waals surface area (Å²) in [5.74, 6) is 0. The molecule has 1 N–H and O–H groups in total. The molecule has 4 rings (SSSR count). The van der Waals surface area contributed by atoms with Crippen LogP contribution in [0.4, 0.5) is 0 Å². The van der Waals surface area contributed by atoms with Gasteiger partial charge in [0.1, 0.15) is 6.10 Å². The van der Waals surface area contributed by atoms with Gasteiger partial charge in [-0.15, -0.1) is 0 Å². The molecule has 1 atom stereocenters. The Morgan fingerprint density at radius 3 is 2.86 bits per heavy atom. The molecule has 0 saturated carbocycles. The molecule has 0 amide bonds. The molecule has 102 valence electrons. The van der Waals surface area contributed by atoms with Gasteiger partial charge in [0.05, 0.1) is 17.2 Å². The van der Waals surface area contributed by atoms with Crippen molar-refractivity contribution in [3.8, 4) is 0 Å². The second-order valence-corrected chi connectivity index (χ2v) is 4.95. The van der Waals surface area contributed by atoms with Crippen molar-refractivity contribution in [2.75, 3.05) is 0 Å². The van der Waals surface area contributed by atoms with E-state index in [2.05, 4.69) is 10.1 Å². The monoisotopic (exact) mass is 275 g/mol. The molecule has 1 aromatic carbocycles. The Morgan fingerprint density at radius 2 is 1.90 bits per heavy atom. The molecule has 3 heterocycles. The zero-order chi connectivity index (χ0) is 14.2. The molecule has 0 aliphatic rings. The van der Waals surface area contributed by atoms with Crippen molar-refractivity contribution in [2.45, 2.75) is 6.10 Å². The molecule has 0 saturated heterocycles. The highest BCUT2D eigenvalue weighted by atomic mass is 16.3. The minimum absolute atomic E-state index is 0.724. The summed E-state index contributed by atoms with van der Waals surface area (Å²) in [6, 6.07) is 15.5. The number of aliphatic hydroxyl groups excluding tert-OH is 1. The molecule has 0 fully saturated rings. The summed E-state index contributed by atoms with van der Waals surface area (Å²) in [6.45, 7) is 0. The van der Waals surface area contributed by atoms with E-state index in [1.807, 2.05) is 54.7 Å². The van der Waals surface area contributed by atoms with E-state index in [4.69, 9.17) is 0 Å². The molecule has 0 aliphatic heterocycles. The number of benzene rings is 1. The molecule has 4 nitrogen and oxygen atoms in total. The minimum Gasteiger partial charge on any atom is -0.383 e. The Hall–Kier alpha value is -2.72. The van der Waals surface area contributed by atoms with Gasteiger partial charge in [-0.3, -0.25) is 4.98 Å². The van der Waals surface area contributed by atoms with Crippen LogP contribution in [0.15, 0.2) is 67.1 Å². The molecule has 1 unspecified atom stereocenters. The third kappa shape index (κ3) is 1.88. The average molecular weight is 275 g/mol. The van der Waals surface area contributed by atoms with Crippen LogP contribution in [0.1, 0.15) is 17.2 Å². The van der Waals surface area contributed by atoms with E-state index in [1.165, 1.54) is 0 Å². The van der Waals surface area contributed by atoms with E-state index in [0.717, 1.165) is 27.5 Å². The van der Waals surface area contributed by atoms with Crippen LogP contribution in [0.25, 0.3) is 16.4 Å². The van der Waals surface area contributed by atoms with Gasteiger partial charge in [0.2, 0.25) is 0 Å². The van der Waals surface area contributed by atoms with Crippen LogP contribution < -0.4 is 0 Å². The smallest absolute Gasteiger partial charge is 0.108 e. The van der Waals surface area contributed by atoms with Crippen molar-refractivity contribution < 1.29 is 5.11 Å². The summed E-state index contributed by atoms with van der Waals surface area (Å²) in [6.07, 6.45) is 4.62. The van der Waals surface area contributed by atoms with Crippen LogP contribution in [-0.2, 0) is 0 Å². The van der Waals surface area contributed by atoms with Crippen LogP contribution >= 0.6 is 0 Å². The Kier molecular flexibility index (Phi) is 2.69. The molecule has 21 heavy (non-hydrogen) atoms. The Balaban J connectivity index is 1.92. The minimum atomic E-state index is -0.724. The van der Waals surface area contributed by atoms with Gasteiger partial charge in [-0.05, 0) is 29.8 Å². The summed E-state index contributed by atoms with van der Waals surface area (Å²) in [4.78, 5) is 4.34. The second-order valence-electron chi connectivity index (χ2n) is 4.95. The number of hydrogen-bond donors (Lipinski definition) is 1. The lowest BCUT2D eigenvalue weighted by atomic mass is 9.98. The number of pyridine rings is 2. The normalized spacial score (nSPS) is 12.8. The standard InChI is InChI=1S/C17H13N3O/c21-17(14-11-19-20-10-2-1-8-16(14)20)13-5-3-7-15-12(13)6-4-9-18-15/h1-11,17,21H. The zero-order valence-electron chi connectivity index (χ0n) is 11.2. The number of aliphatic hydroxyl groups is 1. The topological polar surface area (TPSA) is 50.4 Å². The van der Waals surface area contributed by atoms with Crippen LogP contribution in [0, 0.1) is 0 Å². The largest absolute Gasteiger partial charge is 0.383 e. The highest BCUT2D eigenvalue weighted by Gasteiger charge is 2.17. The number of fused-ring (bicyclic) bond motifs is 2. The molecule has 4 heteroatoms. The molecule has 3 aromatic heterocycles. The van der Waals surface area contributed by atoms with Crippen molar-refractivity contribution in [1.82, 2.24) is 14.6 Å². The SMILES string of the molecule is OC(c1cccc2ncccc12)c1cnn2ccccc12. The van der Waals surface area contributed by atoms with Gasteiger partial charge < -0.3 is 5.11 Å². The predicted molar refractivity (Wildman–Crippen MR) is 81.0 cm³/mol. The Morgan fingerprint density at radius 1 is 0.952 bits per heavy atom. The molecule has 4 aromatic rings. The lowest BCUT2D eigenvalue weighted by molar-refractivity contribution is 0.223. The van der Waals surface area contributed by atoms with E-state index in [9.17, 15) is 5.11 Å². The lowest BCUT2D eigenvalue weighted by Gasteiger charge is -2.12. The van der Waals surface area contributed by atoms with Gasteiger partial charge in [-0.2, -0.15) is 5.10 Å². The second kappa shape index (κ2) is 4.68. The summed E-state index contributed by atoms with van der Waals surface area (Å²) in [5, 5.41) is 16.0. The first-order chi connectivity index (χ1) is 10.3. The van der Waals surface area contributed by atoms with Crippen molar-refractivity contribution >= 4 is 16.4 Å². The average Bonchev–Trinajstić information content (AvgIpc) is 2.98. The summed E-state index contributed by atoms with van der Waals surface area (Å²) in [7, 11) is 0. The fourth-order valence-electron chi connectivity index (χ4n) is 2.70. The Labute approximate surface area is 121 Å².